The molecule has 28 heavy (non-hydrogen) atoms. The number of carbonyl (C=O) groups excluding carboxylic acids is 1. The number of anilines is 1. The number of H-pyrrole nitrogens is 1. The number of methoxy groups -OCH3 is 2. The van der Waals surface area contributed by atoms with Crippen LogP contribution in [0, 0.1) is 13.8 Å². The van der Waals surface area contributed by atoms with Crippen LogP contribution >= 0.6 is 0 Å². The second kappa shape index (κ2) is 7.03. The summed E-state index contributed by atoms with van der Waals surface area (Å²) in [5.74, 6) is 1.93. The number of carbonyl (C=O) groups is 1. The van der Waals surface area contributed by atoms with Crippen LogP contribution in [0.2, 0.25) is 0 Å². The van der Waals surface area contributed by atoms with Gasteiger partial charge in [-0.05, 0) is 31.5 Å². The van der Waals surface area contributed by atoms with Crippen molar-refractivity contribution in [2.24, 2.45) is 0 Å². The molecule has 1 amide bonds. The lowest BCUT2D eigenvalue weighted by Crippen LogP contribution is -2.25. The van der Waals surface area contributed by atoms with E-state index in [-0.39, 0.29) is 11.8 Å². The second-order valence-corrected chi connectivity index (χ2v) is 6.91. The van der Waals surface area contributed by atoms with E-state index < -0.39 is 0 Å². The van der Waals surface area contributed by atoms with Gasteiger partial charge in [-0.15, -0.1) is 0 Å². The van der Waals surface area contributed by atoms with E-state index in [2.05, 4.69) is 15.3 Å². The number of fused-ring (bicyclic) bond motifs is 1. The third-order valence-corrected chi connectivity index (χ3v) is 5.15. The number of benzene rings is 1. The predicted molar refractivity (Wildman–Crippen MR) is 104 cm³/mol. The molecule has 2 aromatic heterocycles. The molecule has 0 radical (unpaired) electrons. The van der Waals surface area contributed by atoms with E-state index in [1.165, 1.54) is 0 Å². The highest BCUT2D eigenvalue weighted by atomic mass is 16.5. The smallest absolute Gasteiger partial charge is 0.226 e. The van der Waals surface area contributed by atoms with Crippen molar-refractivity contribution in [3.63, 3.8) is 0 Å². The lowest BCUT2D eigenvalue weighted by molar-refractivity contribution is -0.116. The Bertz CT molecular complexity index is 1040. The molecule has 0 fully saturated rings. The molecule has 1 aliphatic heterocycles. The van der Waals surface area contributed by atoms with Gasteiger partial charge in [0, 0.05) is 23.6 Å². The van der Waals surface area contributed by atoms with Gasteiger partial charge in [-0.3, -0.25) is 4.79 Å². The number of hydrogen-bond acceptors (Lipinski definition) is 5. The van der Waals surface area contributed by atoms with Crippen LogP contribution in [0.1, 0.15) is 40.5 Å². The average molecular weight is 381 g/mol. The van der Waals surface area contributed by atoms with E-state index in [1.54, 1.807) is 20.5 Å². The summed E-state index contributed by atoms with van der Waals surface area (Å²) in [7, 11) is 3.22. The number of imidazole rings is 1. The summed E-state index contributed by atoms with van der Waals surface area (Å²) in [4.78, 5) is 20.0. The van der Waals surface area contributed by atoms with Gasteiger partial charge in [0.1, 0.15) is 5.82 Å². The maximum atomic E-state index is 12.4. The standard InChI is InChI=1S/C20H23N5O3/c1-11-18-14(19-12(2)21-10-22-19)8-17(26)23-20(18)25(24-11)9-13-5-6-15(27-3)16(7-13)28-4/h5-7,10,14H,8-9H2,1-4H3,(H,21,22)(H,23,26). The van der Waals surface area contributed by atoms with E-state index in [9.17, 15) is 4.79 Å². The minimum atomic E-state index is -0.103. The summed E-state index contributed by atoms with van der Waals surface area (Å²) < 4.78 is 12.5. The number of nitrogens with one attached hydrogen (secondary N) is 2. The van der Waals surface area contributed by atoms with Crippen LogP contribution in [0.3, 0.4) is 0 Å². The van der Waals surface area contributed by atoms with Gasteiger partial charge in [0.2, 0.25) is 5.91 Å². The van der Waals surface area contributed by atoms with Gasteiger partial charge in [0.25, 0.3) is 0 Å². The molecule has 3 aromatic rings. The SMILES string of the molecule is COc1ccc(Cn2nc(C)c3c2NC(=O)CC3c2nc[nH]c2C)cc1OC. The minimum Gasteiger partial charge on any atom is -0.493 e. The predicted octanol–water partition coefficient (Wildman–Crippen LogP) is 2.76. The van der Waals surface area contributed by atoms with E-state index in [0.29, 0.717) is 24.5 Å². The summed E-state index contributed by atoms with van der Waals surface area (Å²) in [6.45, 7) is 4.44. The van der Waals surface area contributed by atoms with Gasteiger partial charge in [-0.25, -0.2) is 9.67 Å². The highest BCUT2D eigenvalue weighted by Crippen LogP contribution is 2.39. The molecule has 8 nitrogen and oxygen atoms in total. The fraction of sp³-hybridized carbons (Fsp3) is 0.350. The molecular weight excluding hydrogens is 358 g/mol. The zero-order chi connectivity index (χ0) is 19.8. The fourth-order valence-corrected chi connectivity index (χ4v) is 3.84. The zero-order valence-electron chi connectivity index (χ0n) is 16.4. The number of nitrogens with zero attached hydrogens (tertiary/aromatic N) is 3. The van der Waals surface area contributed by atoms with Gasteiger partial charge in [0.05, 0.1) is 38.5 Å². The molecule has 1 unspecified atom stereocenters. The number of aryl methyl sites for hydroxylation is 2. The van der Waals surface area contributed by atoms with Crippen LogP contribution in [-0.4, -0.2) is 39.9 Å². The Balaban J connectivity index is 1.73. The summed E-state index contributed by atoms with van der Waals surface area (Å²) in [6, 6.07) is 5.75. The van der Waals surface area contributed by atoms with Crippen LogP contribution in [0.15, 0.2) is 24.5 Å². The van der Waals surface area contributed by atoms with E-state index in [1.807, 2.05) is 36.7 Å². The molecule has 3 heterocycles. The summed E-state index contributed by atoms with van der Waals surface area (Å²) in [6.07, 6.45) is 2.03. The van der Waals surface area contributed by atoms with E-state index in [0.717, 1.165) is 34.0 Å². The van der Waals surface area contributed by atoms with Crippen LogP contribution in [0.4, 0.5) is 5.82 Å². The molecule has 2 N–H and O–H groups in total. The quantitative estimate of drug-likeness (QED) is 0.709. The molecule has 0 saturated carbocycles. The topological polar surface area (TPSA) is 94.1 Å². The first-order valence-corrected chi connectivity index (χ1v) is 9.09. The van der Waals surface area contributed by atoms with Crippen molar-refractivity contribution in [3.8, 4) is 11.5 Å². The molecule has 1 aliphatic rings. The van der Waals surface area contributed by atoms with Crippen molar-refractivity contribution < 1.29 is 14.3 Å². The molecule has 0 spiro atoms. The van der Waals surface area contributed by atoms with Crippen LogP contribution < -0.4 is 14.8 Å². The largest absolute Gasteiger partial charge is 0.493 e. The minimum absolute atomic E-state index is 0.0339. The monoisotopic (exact) mass is 381 g/mol. The van der Waals surface area contributed by atoms with Crippen molar-refractivity contribution in [3.05, 3.63) is 52.7 Å². The Labute approximate surface area is 162 Å². The lowest BCUT2D eigenvalue weighted by atomic mass is 9.88. The Kier molecular flexibility index (Phi) is 4.54. The number of hydrogen-bond donors (Lipinski definition) is 2. The van der Waals surface area contributed by atoms with Gasteiger partial charge in [-0.1, -0.05) is 6.07 Å². The first-order valence-electron chi connectivity index (χ1n) is 9.09. The van der Waals surface area contributed by atoms with Crippen LogP contribution in [0.5, 0.6) is 11.5 Å². The van der Waals surface area contributed by atoms with Crippen molar-refractivity contribution in [1.29, 1.82) is 0 Å². The third kappa shape index (κ3) is 3.00. The number of rotatable bonds is 5. The summed E-state index contributed by atoms with van der Waals surface area (Å²) in [5, 5.41) is 7.70. The molecule has 1 aromatic carbocycles. The molecule has 0 aliphatic carbocycles. The molecule has 8 heteroatoms. The van der Waals surface area contributed by atoms with Gasteiger partial charge >= 0.3 is 0 Å². The Hall–Kier alpha value is -3.29. The maximum absolute atomic E-state index is 12.4. The van der Waals surface area contributed by atoms with Crippen molar-refractivity contribution in [2.75, 3.05) is 19.5 Å². The Morgan fingerprint density at radius 2 is 2.00 bits per heavy atom. The molecule has 0 bridgehead atoms. The normalized spacial score (nSPS) is 15.9. The van der Waals surface area contributed by atoms with Gasteiger partial charge in [0.15, 0.2) is 11.5 Å². The van der Waals surface area contributed by atoms with Crippen LogP contribution in [-0.2, 0) is 11.3 Å². The van der Waals surface area contributed by atoms with Crippen molar-refractivity contribution in [2.45, 2.75) is 32.7 Å². The maximum Gasteiger partial charge on any atom is 0.226 e. The van der Waals surface area contributed by atoms with Crippen LogP contribution in [0.25, 0.3) is 0 Å². The first-order chi connectivity index (χ1) is 13.5. The second-order valence-electron chi connectivity index (χ2n) is 6.91. The van der Waals surface area contributed by atoms with Crippen molar-refractivity contribution in [1.82, 2.24) is 19.7 Å². The Morgan fingerprint density at radius 1 is 1.21 bits per heavy atom. The third-order valence-electron chi connectivity index (χ3n) is 5.15. The molecular formula is C20H23N5O3. The summed E-state index contributed by atoms with van der Waals surface area (Å²) >= 11 is 0. The fourth-order valence-electron chi connectivity index (χ4n) is 3.84. The van der Waals surface area contributed by atoms with Gasteiger partial charge < -0.3 is 19.8 Å². The summed E-state index contributed by atoms with van der Waals surface area (Å²) in [5.41, 5.74) is 4.77. The zero-order valence-corrected chi connectivity index (χ0v) is 16.4. The molecule has 0 saturated heterocycles. The van der Waals surface area contributed by atoms with E-state index >= 15 is 0 Å². The number of ether oxygens (including phenoxy) is 2. The molecule has 1 atom stereocenters. The average Bonchev–Trinajstić information content (AvgIpc) is 3.24. The number of aromatic nitrogens is 4. The highest BCUT2D eigenvalue weighted by molar-refractivity contribution is 5.94. The lowest BCUT2D eigenvalue weighted by Gasteiger charge is -2.23. The van der Waals surface area contributed by atoms with Gasteiger partial charge in [-0.2, -0.15) is 5.10 Å². The number of amides is 1. The Morgan fingerprint density at radius 3 is 2.68 bits per heavy atom. The molecule has 146 valence electrons. The number of aromatic amines is 1. The van der Waals surface area contributed by atoms with Crippen molar-refractivity contribution >= 4 is 11.7 Å². The van der Waals surface area contributed by atoms with E-state index in [4.69, 9.17) is 14.6 Å². The molecule has 4 rings (SSSR count). The first kappa shape index (κ1) is 18.1. The highest BCUT2D eigenvalue weighted by Gasteiger charge is 2.34.